The van der Waals surface area contributed by atoms with Gasteiger partial charge in [-0.15, -0.1) is 13.2 Å². The van der Waals surface area contributed by atoms with Crippen molar-refractivity contribution in [3.05, 3.63) is 54.6 Å². The molecule has 8 nitrogen and oxygen atoms in total. The number of likely N-dealkylation sites (N-methyl/N-ethyl adjacent to an activating group) is 1. The first-order valence-corrected chi connectivity index (χ1v) is 8.96. The lowest BCUT2D eigenvalue weighted by Crippen LogP contribution is -2.42. The number of anilines is 1. The second-order valence-corrected chi connectivity index (χ2v) is 6.25. The van der Waals surface area contributed by atoms with Crippen molar-refractivity contribution in [2.75, 3.05) is 32.1 Å². The van der Waals surface area contributed by atoms with Gasteiger partial charge in [-0.2, -0.15) is 0 Å². The van der Waals surface area contributed by atoms with Crippen molar-refractivity contribution in [1.82, 2.24) is 10.2 Å². The van der Waals surface area contributed by atoms with Crippen LogP contribution in [0, 0.1) is 0 Å². The van der Waals surface area contributed by atoms with E-state index in [-0.39, 0.29) is 25.4 Å². The van der Waals surface area contributed by atoms with Gasteiger partial charge in [0, 0.05) is 12.7 Å². The zero-order valence-corrected chi connectivity index (χ0v) is 16.4. The number of para-hydroxylation sites is 1. The molecule has 31 heavy (non-hydrogen) atoms. The van der Waals surface area contributed by atoms with Gasteiger partial charge in [-0.25, -0.2) is 0 Å². The van der Waals surface area contributed by atoms with Gasteiger partial charge in [0.15, 0.2) is 6.61 Å². The summed E-state index contributed by atoms with van der Waals surface area (Å²) in [6, 6.07) is 13.2. The normalized spacial score (nSPS) is 10.7. The van der Waals surface area contributed by atoms with Gasteiger partial charge in [-0.3, -0.25) is 14.4 Å². The third kappa shape index (κ3) is 9.07. The van der Waals surface area contributed by atoms with Crippen LogP contribution in [0.4, 0.5) is 18.9 Å². The van der Waals surface area contributed by atoms with Crippen LogP contribution in [0.3, 0.4) is 0 Å². The average molecular weight is 439 g/mol. The summed E-state index contributed by atoms with van der Waals surface area (Å²) in [5.41, 5.74) is 0.228. The summed E-state index contributed by atoms with van der Waals surface area (Å²) in [6.45, 7) is -0.921. The molecule has 11 heteroatoms. The van der Waals surface area contributed by atoms with Crippen molar-refractivity contribution < 1.29 is 37.0 Å². The number of ether oxygens (including phenoxy) is 2. The number of hydrogen-bond acceptors (Lipinski definition) is 5. The SMILES string of the molecule is CN(CC(=O)Nc1ccc(OC(F)(F)F)cc1)C(=O)CNC(=O)COc1ccccc1. The third-order valence-corrected chi connectivity index (χ3v) is 3.73. The Kier molecular flexibility index (Phi) is 8.24. The van der Waals surface area contributed by atoms with E-state index in [1.165, 1.54) is 19.2 Å². The topological polar surface area (TPSA) is 97.0 Å². The Bertz CT molecular complexity index is 889. The Labute approximate surface area is 175 Å². The van der Waals surface area contributed by atoms with E-state index in [1.807, 2.05) is 0 Å². The maximum absolute atomic E-state index is 12.1. The fourth-order valence-corrected chi connectivity index (χ4v) is 2.27. The summed E-state index contributed by atoms with van der Waals surface area (Å²) in [7, 11) is 1.37. The van der Waals surface area contributed by atoms with Crippen LogP contribution in [0.1, 0.15) is 0 Å². The third-order valence-electron chi connectivity index (χ3n) is 3.73. The van der Waals surface area contributed by atoms with E-state index in [9.17, 15) is 27.6 Å². The number of carbonyl (C=O) groups excluding carboxylic acids is 3. The van der Waals surface area contributed by atoms with Gasteiger partial charge < -0.3 is 25.0 Å². The number of benzene rings is 2. The average Bonchev–Trinajstić information content (AvgIpc) is 2.71. The van der Waals surface area contributed by atoms with E-state index in [4.69, 9.17) is 4.74 Å². The van der Waals surface area contributed by atoms with Gasteiger partial charge in [-0.05, 0) is 36.4 Å². The van der Waals surface area contributed by atoms with E-state index in [1.54, 1.807) is 30.3 Å². The first-order valence-electron chi connectivity index (χ1n) is 8.96. The highest BCUT2D eigenvalue weighted by atomic mass is 19.4. The lowest BCUT2D eigenvalue weighted by molar-refractivity contribution is -0.274. The number of hydrogen-bond donors (Lipinski definition) is 2. The van der Waals surface area contributed by atoms with Crippen molar-refractivity contribution in [3.8, 4) is 11.5 Å². The zero-order chi connectivity index (χ0) is 22.9. The highest BCUT2D eigenvalue weighted by molar-refractivity contribution is 5.95. The molecule has 0 unspecified atom stereocenters. The summed E-state index contributed by atoms with van der Waals surface area (Å²) in [5.74, 6) is -1.51. The van der Waals surface area contributed by atoms with Crippen molar-refractivity contribution in [3.63, 3.8) is 0 Å². The molecule has 0 atom stereocenters. The number of alkyl halides is 3. The molecule has 0 heterocycles. The molecule has 0 aromatic heterocycles. The Morgan fingerprint density at radius 2 is 1.58 bits per heavy atom. The quantitative estimate of drug-likeness (QED) is 0.624. The lowest BCUT2D eigenvalue weighted by Gasteiger charge is -2.17. The molecule has 0 aliphatic heterocycles. The second kappa shape index (κ2) is 10.9. The zero-order valence-electron chi connectivity index (χ0n) is 16.4. The number of amides is 3. The summed E-state index contributed by atoms with van der Waals surface area (Å²) in [4.78, 5) is 36.9. The molecule has 2 rings (SSSR count). The Balaban J connectivity index is 1.71. The summed E-state index contributed by atoms with van der Waals surface area (Å²) in [6.07, 6.45) is -4.81. The smallest absolute Gasteiger partial charge is 0.484 e. The van der Waals surface area contributed by atoms with Crippen molar-refractivity contribution >= 4 is 23.4 Å². The molecule has 0 radical (unpaired) electrons. The maximum Gasteiger partial charge on any atom is 0.573 e. The molecule has 3 amide bonds. The fraction of sp³-hybridized carbons (Fsp3) is 0.250. The van der Waals surface area contributed by atoms with Crippen LogP contribution in [0.5, 0.6) is 11.5 Å². The predicted octanol–water partition coefficient (Wildman–Crippen LogP) is 2.18. The van der Waals surface area contributed by atoms with Gasteiger partial charge in [0.1, 0.15) is 11.5 Å². The number of carbonyl (C=O) groups is 3. The lowest BCUT2D eigenvalue weighted by atomic mass is 10.3. The number of rotatable bonds is 9. The van der Waals surface area contributed by atoms with Gasteiger partial charge >= 0.3 is 6.36 Å². The van der Waals surface area contributed by atoms with E-state index in [0.717, 1.165) is 17.0 Å². The Morgan fingerprint density at radius 1 is 0.935 bits per heavy atom. The highest BCUT2D eigenvalue weighted by Crippen LogP contribution is 2.23. The number of halogens is 3. The molecule has 0 fully saturated rings. The van der Waals surface area contributed by atoms with Crippen molar-refractivity contribution in [1.29, 1.82) is 0 Å². The first kappa shape index (κ1) is 23.5. The summed E-state index contributed by atoms with van der Waals surface area (Å²) >= 11 is 0. The van der Waals surface area contributed by atoms with Gasteiger partial charge in [0.25, 0.3) is 5.91 Å². The first-order chi connectivity index (χ1) is 14.6. The summed E-state index contributed by atoms with van der Waals surface area (Å²) in [5, 5.41) is 4.83. The maximum atomic E-state index is 12.1. The van der Waals surface area contributed by atoms with E-state index in [2.05, 4.69) is 15.4 Å². The monoisotopic (exact) mass is 439 g/mol. The molecular weight excluding hydrogens is 419 g/mol. The molecular formula is C20H20F3N3O5. The molecule has 2 aromatic carbocycles. The molecule has 0 bridgehead atoms. The second-order valence-electron chi connectivity index (χ2n) is 6.25. The standard InChI is InChI=1S/C20H20F3N3O5/c1-26(19(29)11-24-18(28)13-30-15-5-3-2-4-6-15)12-17(27)25-14-7-9-16(10-8-14)31-20(21,22)23/h2-10H,11-13H2,1H3,(H,24,28)(H,25,27). The van der Waals surface area contributed by atoms with E-state index < -0.39 is 29.8 Å². The molecule has 2 N–H and O–H groups in total. The van der Waals surface area contributed by atoms with Crippen LogP contribution in [0.2, 0.25) is 0 Å². The molecule has 0 saturated carbocycles. The summed E-state index contributed by atoms with van der Waals surface area (Å²) < 4.78 is 45.4. The fourth-order valence-electron chi connectivity index (χ4n) is 2.27. The number of nitrogens with zero attached hydrogens (tertiary/aromatic N) is 1. The van der Waals surface area contributed by atoms with E-state index >= 15 is 0 Å². The molecule has 2 aromatic rings. The minimum atomic E-state index is -4.81. The molecule has 0 aliphatic rings. The predicted molar refractivity (Wildman–Crippen MR) is 104 cm³/mol. The molecule has 166 valence electrons. The van der Waals surface area contributed by atoms with E-state index in [0.29, 0.717) is 5.75 Å². The highest BCUT2D eigenvalue weighted by Gasteiger charge is 2.31. The molecule has 0 spiro atoms. The van der Waals surface area contributed by atoms with Gasteiger partial charge in [0.2, 0.25) is 11.8 Å². The van der Waals surface area contributed by atoms with Crippen LogP contribution in [-0.2, 0) is 14.4 Å². The largest absolute Gasteiger partial charge is 0.573 e. The van der Waals surface area contributed by atoms with Crippen LogP contribution in [0.25, 0.3) is 0 Å². The minimum absolute atomic E-state index is 0.228. The van der Waals surface area contributed by atoms with Gasteiger partial charge in [0.05, 0.1) is 13.1 Å². The van der Waals surface area contributed by atoms with Crippen LogP contribution >= 0.6 is 0 Å². The van der Waals surface area contributed by atoms with Crippen molar-refractivity contribution in [2.45, 2.75) is 6.36 Å². The van der Waals surface area contributed by atoms with Crippen molar-refractivity contribution in [2.24, 2.45) is 0 Å². The van der Waals surface area contributed by atoms with Crippen LogP contribution < -0.4 is 20.1 Å². The number of nitrogens with one attached hydrogen (secondary N) is 2. The Hall–Kier alpha value is -3.76. The minimum Gasteiger partial charge on any atom is -0.484 e. The van der Waals surface area contributed by atoms with Crippen LogP contribution in [-0.4, -0.2) is 55.7 Å². The van der Waals surface area contributed by atoms with Crippen LogP contribution in [0.15, 0.2) is 54.6 Å². The molecule has 0 aliphatic carbocycles. The van der Waals surface area contributed by atoms with Gasteiger partial charge in [-0.1, -0.05) is 18.2 Å². The molecule has 0 saturated heterocycles. The Morgan fingerprint density at radius 3 is 2.19 bits per heavy atom.